The molecule has 6 heteroatoms. The summed E-state index contributed by atoms with van der Waals surface area (Å²) < 4.78 is 4.94. The quantitative estimate of drug-likeness (QED) is 0.798. The van der Waals surface area contributed by atoms with Gasteiger partial charge in [0.15, 0.2) is 11.5 Å². The number of rotatable bonds is 4. The van der Waals surface area contributed by atoms with Gasteiger partial charge in [0.05, 0.1) is 12.7 Å². The van der Waals surface area contributed by atoms with Gasteiger partial charge in [0, 0.05) is 5.56 Å². The Labute approximate surface area is 119 Å². The van der Waals surface area contributed by atoms with Crippen molar-refractivity contribution in [2.24, 2.45) is 0 Å². The van der Waals surface area contributed by atoms with Crippen LogP contribution in [0.2, 0.25) is 0 Å². The van der Waals surface area contributed by atoms with Gasteiger partial charge in [-0.25, -0.2) is 9.59 Å². The van der Waals surface area contributed by atoms with Crippen LogP contribution in [-0.4, -0.2) is 34.4 Å². The zero-order chi connectivity index (χ0) is 15.6. The van der Waals surface area contributed by atoms with E-state index in [0.717, 1.165) is 0 Å². The predicted molar refractivity (Wildman–Crippen MR) is 74.0 cm³/mol. The van der Waals surface area contributed by atoms with Gasteiger partial charge < -0.3 is 20.1 Å². The molecule has 0 atom stereocenters. The molecule has 0 heterocycles. The topological polar surface area (TPSA) is 104 Å². The summed E-state index contributed by atoms with van der Waals surface area (Å²) in [5, 5.41) is 28.0. The van der Waals surface area contributed by atoms with Crippen LogP contribution in [0.5, 0.6) is 11.5 Å². The smallest absolute Gasteiger partial charge is 0.339 e. The molecular weight excluding hydrogens is 276 g/mol. The Kier molecular flexibility index (Phi) is 3.80. The fourth-order valence-electron chi connectivity index (χ4n) is 1.97. The highest BCUT2D eigenvalue weighted by Crippen LogP contribution is 2.39. The summed E-state index contributed by atoms with van der Waals surface area (Å²) in [6.45, 7) is 0. The molecule has 0 aliphatic rings. The van der Waals surface area contributed by atoms with Crippen molar-refractivity contribution in [3.8, 4) is 22.6 Å². The lowest BCUT2D eigenvalue weighted by Crippen LogP contribution is -2.01. The summed E-state index contributed by atoms with van der Waals surface area (Å²) in [7, 11) is 1.26. The first-order valence-electron chi connectivity index (χ1n) is 5.92. The van der Waals surface area contributed by atoms with Crippen LogP contribution in [0.15, 0.2) is 36.4 Å². The lowest BCUT2D eigenvalue weighted by Gasteiger charge is -2.12. The summed E-state index contributed by atoms with van der Waals surface area (Å²) in [5.74, 6) is -2.71. The molecule has 0 aliphatic carbocycles. The molecule has 2 rings (SSSR count). The number of carboxylic acid groups (broad SMARTS) is 2. The van der Waals surface area contributed by atoms with Crippen molar-refractivity contribution in [3.05, 3.63) is 47.5 Å². The number of phenolic OH excluding ortho intramolecular Hbond substituents is 1. The number of carbonyl (C=O) groups is 2. The zero-order valence-corrected chi connectivity index (χ0v) is 11.0. The fourth-order valence-corrected chi connectivity index (χ4v) is 1.97. The van der Waals surface area contributed by atoms with Gasteiger partial charge in [-0.3, -0.25) is 0 Å². The van der Waals surface area contributed by atoms with Crippen molar-refractivity contribution in [2.45, 2.75) is 0 Å². The Balaban J connectivity index is 2.54. The Morgan fingerprint density at radius 1 is 0.952 bits per heavy atom. The van der Waals surface area contributed by atoms with Crippen LogP contribution in [0, 0.1) is 0 Å². The highest BCUT2D eigenvalue weighted by atomic mass is 16.5. The Morgan fingerprint density at radius 2 is 1.57 bits per heavy atom. The van der Waals surface area contributed by atoms with Gasteiger partial charge in [-0.1, -0.05) is 12.1 Å². The number of hydrogen-bond acceptors (Lipinski definition) is 4. The van der Waals surface area contributed by atoms with Crippen molar-refractivity contribution in [3.63, 3.8) is 0 Å². The third-order valence-corrected chi connectivity index (χ3v) is 3.01. The minimum Gasteiger partial charge on any atom is -0.504 e. The highest BCUT2D eigenvalue weighted by molar-refractivity contribution is 5.94. The van der Waals surface area contributed by atoms with E-state index in [0.29, 0.717) is 11.1 Å². The largest absolute Gasteiger partial charge is 0.504 e. The molecule has 0 fully saturated rings. The average Bonchev–Trinajstić information content (AvgIpc) is 2.46. The van der Waals surface area contributed by atoms with Gasteiger partial charge in [0.25, 0.3) is 0 Å². The molecule has 2 aromatic carbocycles. The molecular formula is C15H12O6. The van der Waals surface area contributed by atoms with Crippen LogP contribution in [0.25, 0.3) is 11.1 Å². The molecule has 0 saturated carbocycles. The van der Waals surface area contributed by atoms with E-state index in [1.54, 1.807) is 0 Å². The number of methoxy groups -OCH3 is 1. The van der Waals surface area contributed by atoms with E-state index in [9.17, 15) is 14.7 Å². The lowest BCUT2D eigenvalue weighted by molar-refractivity contribution is 0.0683. The molecule has 0 bridgehead atoms. The molecule has 3 N–H and O–H groups in total. The van der Waals surface area contributed by atoms with Crippen molar-refractivity contribution >= 4 is 11.9 Å². The summed E-state index contributed by atoms with van der Waals surface area (Å²) in [6.07, 6.45) is 0. The first-order chi connectivity index (χ1) is 9.95. The molecule has 0 unspecified atom stereocenters. The van der Waals surface area contributed by atoms with E-state index in [1.165, 1.54) is 43.5 Å². The number of aromatic carboxylic acids is 2. The average molecular weight is 288 g/mol. The van der Waals surface area contributed by atoms with E-state index >= 15 is 0 Å². The second-order valence-corrected chi connectivity index (χ2v) is 4.23. The molecule has 6 nitrogen and oxygen atoms in total. The first-order valence-corrected chi connectivity index (χ1v) is 5.92. The maximum atomic E-state index is 11.0. The van der Waals surface area contributed by atoms with Crippen LogP contribution in [0.3, 0.4) is 0 Å². The SMILES string of the molecule is COc1c(C(=O)O)ccc(-c2ccc(C(=O)O)cc2)c1O. The van der Waals surface area contributed by atoms with Crippen LogP contribution < -0.4 is 4.74 Å². The molecule has 0 aromatic heterocycles. The summed E-state index contributed by atoms with van der Waals surface area (Å²) >= 11 is 0. The van der Waals surface area contributed by atoms with Gasteiger partial charge in [0.1, 0.15) is 5.56 Å². The van der Waals surface area contributed by atoms with E-state index in [2.05, 4.69) is 0 Å². The second kappa shape index (κ2) is 5.54. The normalized spacial score (nSPS) is 10.1. The van der Waals surface area contributed by atoms with E-state index in [-0.39, 0.29) is 22.6 Å². The maximum Gasteiger partial charge on any atom is 0.339 e. The molecule has 21 heavy (non-hydrogen) atoms. The zero-order valence-electron chi connectivity index (χ0n) is 11.0. The van der Waals surface area contributed by atoms with Crippen LogP contribution >= 0.6 is 0 Å². The lowest BCUT2D eigenvalue weighted by atomic mass is 10.0. The van der Waals surface area contributed by atoms with Crippen LogP contribution in [-0.2, 0) is 0 Å². The summed E-state index contributed by atoms with van der Waals surface area (Å²) in [6, 6.07) is 8.61. The minimum atomic E-state index is -1.21. The number of hydrogen-bond donors (Lipinski definition) is 3. The first kappa shape index (κ1) is 14.4. The van der Waals surface area contributed by atoms with Gasteiger partial charge in [-0.05, 0) is 29.8 Å². The maximum absolute atomic E-state index is 11.0. The summed E-state index contributed by atoms with van der Waals surface area (Å²) in [5.41, 5.74) is 0.870. The number of aromatic hydroxyl groups is 1. The molecule has 108 valence electrons. The van der Waals surface area contributed by atoms with E-state index in [4.69, 9.17) is 14.9 Å². The molecule has 2 aromatic rings. The number of benzene rings is 2. The van der Waals surface area contributed by atoms with Crippen molar-refractivity contribution in [1.82, 2.24) is 0 Å². The van der Waals surface area contributed by atoms with Crippen molar-refractivity contribution in [1.29, 1.82) is 0 Å². The third-order valence-electron chi connectivity index (χ3n) is 3.01. The Morgan fingerprint density at radius 3 is 2.05 bits per heavy atom. The third kappa shape index (κ3) is 2.64. The standard InChI is InChI=1S/C15H12O6/c1-21-13-11(15(19)20)7-6-10(12(13)16)8-2-4-9(5-3-8)14(17)18/h2-7,16H,1H3,(H,17,18)(H,19,20). The van der Waals surface area contributed by atoms with Gasteiger partial charge in [0.2, 0.25) is 0 Å². The van der Waals surface area contributed by atoms with Crippen molar-refractivity contribution < 1.29 is 29.6 Å². The molecule has 0 saturated heterocycles. The van der Waals surface area contributed by atoms with Crippen LogP contribution in [0.4, 0.5) is 0 Å². The molecule has 0 radical (unpaired) electrons. The molecule has 0 aliphatic heterocycles. The van der Waals surface area contributed by atoms with Crippen LogP contribution in [0.1, 0.15) is 20.7 Å². The minimum absolute atomic E-state index is 0.118. The highest BCUT2D eigenvalue weighted by Gasteiger charge is 2.19. The fraction of sp³-hybridized carbons (Fsp3) is 0.0667. The molecule has 0 spiro atoms. The number of phenols is 1. The number of ether oxygens (including phenoxy) is 1. The number of carboxylic acids is 2. The Bertz CT molecular complexity index is 703. The van der Waals surface area contributed by atoms with Gasteiger partial charge >= 0.3 is 11.9 Å². The van der Waals surface area contributed by atoms with Crippen molar-refractivity contribution in [2.75, 3.05) is 7.11 Å². The summed E-state index contributed by atoms with van der Waals surface area (Å²) in [4.78, 5) is 21.8. The predicted octanol–water partition coefficient (Wildman–Crippen LogP) is 2.46. The monoisotopic (exact) mass is 288 g/mol. The van der Waals surface area contributed by atoms with E-state index < -0.39 is 11.9 Å². The Hall–Kier alpha value is -3.02. The molecule has 0 amide bonds. The van der Waals surface area contributed by atoms with E-state index in [1.807, 2.05) is 0 Å². The van der Waals surface area contributed by atoms with Gasteiger partial charge in [-0.15, -0.1) is 0 Å². The second-order valence-electron chi connectivity index (χ2n) is 4.23. The van der Waals surface area contributed by atoms with Gasteiger partial charge in [-0.2, -0.15) is 0 Å².